The first-order valence-corrected chi connectivity index (χ1v) is 10.3. The van der Waals surface area contributed by atoms with E-state index >= 15 is 0 Å². The van der Waals surface area contributed by atoms with E-state index in [0.717, 1.165) is 31.9 Å². The highest BCUT2D eigenvalue weighted by Crippen LogP contribution is 2.28. The number of halogens is 4. The molecule has 0 heterocycles. The molecule has 0 aliphatic rings. The lowest BCUT2D eigenvalue weighted by atomic mass is 10.1. The Morgan fingerprint density at radius 2 is 1.44 bits per heavy atom. The maximum atomic E-state index is 6.23. The van der Waals surface area contributed by atoms with Gasteiger partial charge in [0.1, 0.15) is 12.4 Å². The fraction of sp³-hybridized carbons (Fsp3) is 0.143. The molecule has 0 saturated heterocycles. The molecule has 0 bridgehead atoms. The molecular weight excluding hydrogens is 469 g/mol. The van der Waals surface area contributed by atoms with E-state index < -0.39 is 0 Å². The Morgan fingerprint density at radius 1 is 0.778 bits per heavy atom. The standard InChI is InChI=1S/C21H17BrCl3NO/c22-16-8-9-21(27-13-17-19(24)6-3-7-20(17)25)15(10-16)12-26-11-14-4-1-2-5-18(14)23/h1-10,26H,11-13H2. The van der Waals surface area contributed by atoms with Gasteiger partial charge in [-0.25, -0.2) is 0 Å². The van der Waals surface area contributed by atoms with Crippen LogP contribution < -0.4 is 10.1 Å². The van der Waals surface area contributed by atoms with E-state index in [1.807, 2.05) is 48.5 Å². The van der Waals surface area contributed by atoms with Gasteiger partial charge in [0.15, 0.2) is 0 Å². The predicted molar refractivity (Wildman–Crippen MR) is 117 cm³/mol. The molecule has 0 radical (unpaired) electrons. The number of benzene rings is 3. The SMILES string of the molecule is Clc1ccccc1CNCc1cc(Br)ccc1OCc1c(Cl)cccc1Cl. The van der Waals surface area contributed by atoms with E-state index in [2.05, 4.69) is 21.2 Å². The van der Waals surface area contributed by atoms with Gasteiger partial charge in [0, 0.05) is 43.8 Å². The monoisotopic (exact) mass is 483 g/mol. The second kappa shape index (κ2) is 9.81. The van der Waals surface area contributed by atoms with Crippen molar-refractivity contribution in [2.75, 3.05) is 0 Å². The molecule has 2 nitrogen and oxygen atoms in total. The summed E-state index contributed by atoms with van der Waals surface area (Å²) in [5.74, 6) is 0.779. The van der Waals surface area contributed by atoms with Crippen molar-refractivity contribution in [3.63, 3.8) is 0 Å². The summed E-state index contributed by atoms with van der Waals surface area (Å²) in [7, 11) is 0. The molecule has 1 N–H and O–H groups in total. The Bertz CT molecular complexity index is 913. The van der Waals surface area contributed by atoms with Gasteiger partial charge in [-0.2, -0.15) is 0 Å². The van der Waals surface area contributed by atoms with Crippen LogP contribution in [-0.4, -0.2) is 0 Å². The highest BCUT2D eigenvalue weighted by Gasteiger charge is 2.10. The zero-order valence-corrected chi connectivity index (χ0v) is 18.2. The number of nitrogens with one attached hydrogen (secondary N) is 1. The van der Waals surface area contributed by atoms with Crippen molar-refractivity contribution in [1.82, 2.24) is 5.32 Å². The zero-order chi connectivity index (χ0) is 19.2. The van der Waals surface area contributed by atoms with Crippen LogP contribution in [0.25, 0.3) is 0 Å². The van der Waals surface area contributed by atoms with Crippen molar-refractivity contribution in [2.24, 2.45) is 0 Å². The molecule has 0 atom stereocenters. The second-order valence-corrected chi connectivity index (χ2v) is 8.07. The van der Waals surface area contributed by atoms with Crippen LogP contribution in [0.1, 0.15) is 16.7 Å². The summed E-state index contributed by atoms with van der Waals surface area (Å²) in [6.07, 6.45) is 0. The van der Waals surface area contributed by atoms with Crippen LogP contribution >= 0.6 is 50.7 Å². The van der Waals surface area contributed by atoms with Crippen LogP contribution in [0.2, 0.25) is 15.1 Å². The zero-order valence-electron chi connectivity index (χ0n) is 14.3. The van der Waals surface area contributed by atoms with Crippen molar-refractivity contribution in [3.8, 4) is 5.75 Å². The van der Waals surface area contributed by atoms with Gasteiger partial charge in [0.2, 0.25) is 0 Å². The van der Waals surface area contributed by atoms with Crippen LogP contribution in [0.15, 0.2) is 65.1 Å². The minimum atomic E-state index is 0.303. The lowest BCUT2D eigenvalue weighted by Crippen LogP contribution is -2.14. The summed E-state index contributed by atoms with van der Waals surface area (Å²) in [4.78, 5) is 0. The minimum absolute atomic E-state index is 0.303. The molecule has 0 unspecified atom stereocenters. The van der Waals surface area contributed by atoms with Gasteiger partial charge in [-0.1, -0.05) is 75.0 Å². The lowest BCUT2D eigenvalue weighted by molar-refractivity contribution is 0.302. The molecule has 27 heavy (non-hydrogen) atoms. The van der Waals surface area contributed by atoms with Crippen LogP contribution in [-0.2, 0) is 19.7 Å². The molecule has 6 heteroatoms. The molecule has 3 rings (SSSR count). The third-order valence-electron chi connectivity index (χ3n) is 4.04. The molecule has 0 saturated carbocycles. The van der Waals surface area contributed by atoms with Gasteiger partial charge in [0.25, 0.3) is 0 Å². The Labute approximate surface area is 182 Å². The molecule has 0 spiro atoms. The maximum Gasteiger partial charge on any atom is 0.124 e. The highest BCUT2D eigenvalue weighted by molar-refractivity contribution is 9.10. The number of ether oxygens (including phenoxy) is 1. The van der Waals surface area contributed by atoms with Gasteiger partial charge in [0.05, 0.1) is 0 Å². The average Bonchev–Trinajstić information content (AvgIpc) is 2.64. The topological polar surface area (TPSA) is 21.3 Å². The van der Waals surface area contributed by atoms with Gasteiger partial charge in [-0.15, -0.1) is 0 Å². The molecule has 140 valence electrons. The number of rotatable bonds is 7. The molecular formula is C21H17BrCl3NO. The summed E-state index contributed by atoms with van der Waals surface area (Å²) < 4.78 is 7.00. The Kier molecular flexibility index (Phi) is 7.45. The third-order valence-corrected chi connectivity index (χ3v) is 5.62. The first kappa shape index (κ1) is 20.5. The predicted octanol–water partition coefficient (Wildman–Crippen LogP) is 7.28. The van der Waals surface area contributed by atoms with E-state index in [0.29, 0.717) is 29.7 Å². The molecule has 0 aliphatic carbocycles. The van der Waals surface area contributed by atoms with Gasteiger partial charge < -0.3 is 10.1 Å². The quantitative estimate of drug-likeness (QED) is 0.380. The first-order valence-electron chi connectivity index (χ1n) is 8.33. The van der Waals surface area contributed by atoms with Crippen molar-refractivity contribution < 1.29 is 4.74 Å². The van der Waals surface area contributed by atoms with E-state index in [9.17, 15) is 0 Å². The Hall–Kier alpha value is -1.23. The van der Waals surface area contributed by atoms with Crippen LogP contribution in [0.3, 0.4) is 0 Å². The van der Waals surface area contributed by atoms with E-state index in [1.54, 1.807) is 12.1 Å². The van der Waals surface area contributed by atoms with Crippen LogP contribution in [0.4, 0.5) is 0 Å². The Morgan fingerprint density at radius 3 is 2.19 bits per heavy atom. The normalized spacial score (nSPS) is 10.8. The molecule has 3 aromatic rings. The molecule has 0 amide bonds. The highest BCUT2D eigenvalue weighted by atomic mass is 79.9. The van der Waals surface area contributed by atoms with E-state index in [-0.39, 0.29) is 0 Å². The lowest BCUT2D eigenvalue weighted by Gasteiger charge is -2.14. The van der Waals surface area contributed by atoms with Crippen molar-refractivity contribution >= 4 is 50.7 Å². The minimum Gasteiger partial charge on any atom is -0.488 e. The van der Waals surface area contributed by atoms with Gasteiger partial charge >= 0.3 is 0 Å². The van der Waals surface area contributed by atoms with E-state index in [1.165, 1.54) is 0 Å². The summed E-state index contributed by atoms with van der Waals surface area (Å²) in [6.45, 7) is 1.61. The van der Waals surface area contributed by atoms with Crippen LogP contribution in [0.5, 0.6) is 5.75 Å². The van der Waals surface area contributed by atoms with Crippen molar-refractivity contribution in [1.29, 1.82) is 0 Å². The van der Waals surface area contributed by atoms with Gasteiger partial charge in [-0.3, -0.25) is 0 Å². The average molecular weight is 486 g/mol. The second-order valence-electron chi connectivity index (χ2n) is 5.94. The molecule has 0 fully saturated rings. The molecule has 3 aromatic carbocycles. The summed E-state index contributed by atoms with van der Waals surface area (Å²) in [5.41, 5.74) is 2.86. The smallest absolute Gasteiger partial charge is 0.124 e. The summed E-state index contributed by atoms with van der Waals surface area (Å²) in [5, 5.41) is 5.35. The van der Waals surface area contributed by atoms with Gasteiger partial charge in [-0.05, 0) is 42.0 Å². The largest absolute Gasteiger partial charge is 0.488 e. The third kappa shape index (κ3) is 5.63. The Balaban J connectivity index is 1.69. The fourth-order valence-electron chi connectivity index (χ4n) is 2.62. The molecule has 0 aliphatic heterocycles. The fourth-order valence-corrected chi connectivity index (χ4v) is 3.74. The molecule has 0 aromatic heterocycles. The van der Waals surface area contributed by atoms with E-state index in [4.69, 9.17) is 39.5 Å². The summed E-state index contributed by atoms with van der Waals surface area (Å²) in [6, 6.07) is 19.1. The maximum absolute atomic E-state index is 6.23. The first-order chi connectivity index (χ1) is 13.0. The van der Waals surface area contributed by atoms with Crippen molar-refractivity contribution in [3.05, 3.63) is 96.9 Å². The van der Waals surface area contributed by atoms with Crippen molar-refractivity contribution in [2.45, 2.75) is 19.7 Å². The van der Waals surface area contributed by atoms with Crippen LogP contribution in [0, 0.1) is 0 Å². The summed E-state index contributed by atoms with van der Waals surface area (Å²) >= 11 is 22.2. The number of hydrogen-bond acceptors (Lipinski definition) is 2. The number of hydrogen-bond donors (Lipinski definition) is 1.